The van der Waals surface area contributed by atoms with Crippen molar-refractivity contribution < 1.29 is 13.2 Å². The summed E-state index contributed by atoms with van der Waals surface area (Å²) in [5.74, 6) is 0. The van der Waals surface area contributed by atoms with Crippen LogP contribution in [-0.2, 0) is 0 Å². The van der Waals surface area contributed by atoms with Gasteiger partial charge in [-0.15, -0.1) is 0 Å². The monoisotopic (exact) mass is 182 g/mol. The number of hydrogen-bond acceptors (Lipinski definition) is 2. The van der Waals surface area contributed by atoms with Crippen LogP contribution in [0.15, 0.2) is 5.10 Å². The first-order valence-electron chi connectivity index (χ1n) is 2.82. The number of thiocarbonyl (C=S) groups is 1. The van der Waals surface area contributed by atoms with Gasteiger partial charge in [0.25, 0.3) is 0 Å². The molecule has 0 spiro atoms. The summed E-state index contributed by atoms with van der Waals surface area (Å²) in [7, 11) is 1.40. The lowest BCUT2D eigenvalue weighted by Gasteiger charge is -2.02. The summed E-state index contributed by atoms with van der Waals surface area (Å²) >= 11 is 4.60. The van der Waals surface area contributed by atoms with E-state index in [1.165, 1.54) is 7.05 Å². The molecule has 0 amide bonds. The molecule has 11 heavy (non-hydrogen) atoms. The second kappa shape index (κ2) is 2.44. The van der Waals surface area contributed by atoms with Gasteiger partial charge in [0.15, 0.2) is 0 Å². The minimum atomic E-state index is -4.34. The second-order valence-corrected chi connectivity index (χ2v) is 2.61. The highest BCUT2D eigenvalue weighted by Gasteiger charge is 2.39. The Morgan fingerprint density at radius 2 is 2.09 bits per heavy atom. The highest BCUT2D eigenvalue weighted by atomic mass is 32.1. The molecule has 0 aromatic rings. The van der Waals surface area contributed by atoms with Crippen molar-refractivity contribution in [1.29, 1.82) is 0 Å². The minimum absolute atomic E-state index is 0.206. The second-order valence-electron chi connectivity index (χ2n) is 2.14. The summed E-state index contributed by atoms with van der Waals surface area (Å²) in [5, 5.41) is 4.29. The first-order valence-corrected chi connectivity index (χ1v) is 3.23. The van der Waals surface area contributed by atoms with Crippen molar-refractivity contribution >= 4 is 22.9 Å². The Balaban J connectivity index is 2.79. The van der Waals surface area contributed by atoms with Crippen LogP contribution in [0.4, 0.5) is 13.2 Å². The van der Waals surface area contributed by atoms with Gasteiger partial charge in [-0.2, -0.15) is 18.3 Å². The van der Waals surface area contributed by atoms with E-state index in [1.807, 2.05) is 0 Å². The van der Waals surface area contributed by atoms with Gasteiger partial charge in [-0.1, -0.05) is 12.2 Å². The molecule has 6 heteroatoms. The third kappa shape index (κ3) is 1.68. The zero-order valence-electron chi connectivity index (χ0n) is 5.64. The summed E-state index contributed by atoms with van der Waals surface area (Å²) in [6.45, 7) is 0. The van der Waals surface area contributed by atoms with Gasteiger partial charge in [-0.3, -0.25) is 5.01 Å². The molecule has 0 aliphatic carbocycles. The molecule has 0 atom stereocenters. The third-order valence-corrected chi connectivity index (χ3v) is 1.69. The Kier molecular flexibility index (Phi) is 1.87. The van der Waals surface area contributed by atoms with Crippen molar-refractivity contribution in [3.63, 3.8) is 0 Å². The molecule has 0 radical (unpaired) electrons. The smallest absolute Gasteiger partial charge is 0.261 e. The number of halogens is 3. The summed E-state index contributed by atoms with van der Waals surface area (Å²) in [6, 6.07) is 0. The molecule has 1 heterocycles. The molecule has 0 aromatic carbocycles. The molecule has 0 unspecified atom stereocenters. The van der Waals surface area contributed by atoms with Crippen LogP contribution in [0.5, 0.6) is 0 Å². The van der Waals surface area contributed by atoms with E-state index in [-0.39, 0.29) is 11.4 Å². The Labute approximate surface area is 66.7 Å². The topological polar surface area (TPSA) is 15.6 Å². The van der Waals surface area contributed by atoms with E-state index in [0.29, 0.717) is 0 Å². The lowest BCUT2D eigenvalue weighted by atomic mass is 10.3. The minimum Gasteiger partial charge on any atom is -0.261 e. The number of hydrazone groups is 1. The molecular formula is C5H5F3N2S. The van der Waals surface area contributed by atoms with Crippen molar-refractivity contribution in [2.45, 2.75) is 12.6 Å². The van der Waals surface area contributed by atoms with Crippen LogP contribution in [0.2, 0.25) is 0 Å². The van der Waals surface area contributed by atoms with Gasteiger partial charge in [0.1, 0.15) is 10.7 Å². The van der Waals surface area contributed by atoms with Gasteiger partial charge >= 0.3 is 6.18 Å². The molecule has 0 saturated carbocycles. The molecule has 1 rings (SSSR count). The lowest BCUT2D eigenvalue weighted by molar-refractivity contribution is -0.0599. The van der Waals surface area contributed by atoms with Gasteiger partial charge in [-0.25, -0.2) is 0 Å². The fourth-order valence-electron chi connectivity index (χ4n) is 0.687. The maximum atomic E-state index is 11.9. The molecule has 0 saturated heterocycles. The number of alkyl halides is 3. The van der Waals surface area contributed by atoms with Crippen LogP contribution in [0, 0.1) is 0 Å². The maximum absolute atomic E-state index is 11.9. The zero-order chi connectivity index (χ0) is 8.65. The van der Waals surface area contributed by atoms with Crippen molar-refractivity contribution in [3.8, 4) is 0 Å². The molecular weight excluding hydrogens is 177 g/mol. The number of nitrogens with zero attached hydrogens (tertiary/aromatic N) is 2. The zero-order valence-corrected chi connectivity index (χ0v) is 6.46. The Morgan fingerprint density at radius 1 is 1.55 bits per heavy atom. The van der Waals surface area contributed by atoms with E-state index in [1.54, 1.807) is 0 Å². The fourth-order valence-corrected chi connectivity index (χ4v) is 0.864. The predicted molar refractivity (Wildman–Crippen MR) is 38.5 cm³/mol. The fraction of sp³-hybridized carbons (Fsp3) is 0.600. The van der Waals surface area contributed by atoms with Crippen molar-refractivity contribution in [2.24, 2.45) is 5.10 Å². The van der Waals surface area contributed by atoms with Gasteiger partial charge in [0.2, 0.25) is 0 Å². The molecule has 0 aromatic heterocycles. The van der Waals surface area contributed by atoms with Crippen LogP contribution in [0.1, 0.15) is 6.42 Å². The largest absolute Gasteiger partial charge is 0.431 e. The third-order valence-electron chi connectivity index (χ3n) is 1.28. The van der Waals surface area contributed by atoms with E-state index in [9.17, 15) is 13.2 Å². The summed E-state index contributed by atoms with van der Waals surface area (Å²) in [4.78, 5) is 0.206. The lowest BCUT2D eigenvalue weighted by Crippen LogP contribution is -2.21. The van der Waals surface area contributed by atoms with E-state index in [0.717, 1.165) is 5.01 Å². The van der Waals surface area contributed by atoms with Crippen LogP contribution >= 0.6 is 12.2 Å². The average molecular weight is 182 g/mol. The standard InChI is InChI=1S/C5H5F3N2S/c1-10-4(11)2-3(9-10)5(6,7)8/h2H2,1H3. The Hall–Kier alpha value is -0.650. The van der Waals surface area contributed by atoms with Crippen LogP contribution in [-0.4, -0.2) is 28.9 Å². The highest BCUT2D eigenvalue weighted by molar-refractivity contribution is 7.80. The van der Waals surface area contributed by atoms with Gasteiger partial charge in [-0.05, 0) is 0 Å². The molecule has 62 valence electrons. The Bertz CT molecular complexity index is 220. The first-order chi connectivity index (χ1) is 4.91. The van der Waals surface area contributed by atoms with Crippen LogP contribution in [0.25, 0.3) is 0 Å². The molecule has 1 aliphatic rings. The SMILES string of the molecule is CN1N=C(C(F)(F)F)CC1=S. The quantitative estimate of drug-likeness (QED) is 0.528. The molecule has 0 bridgehead atoms. The van der Waals surface area contributed by atoms with Crippen molar-refractivity contribution in [2.75, 3.05) is 7.05 Å². The number of hydrogen-bond donors (Lipinski definition) is 0. The predicted octanol–water partition coefficient (Wildman–Crippen LogP) is 1.57. The van der Waals surface area contributed by atoms with Crippen LogP contribution < -0.4 is 0 Å². The normalized spacial score (nSPS) is 19.1. The van der Waals surface area contributed by atoms with E-state index in [2.05, 4.69) is 17.3 Å². The van der Waals surface area contributed by atoms with Crippen molar-refractivity contribution in [1.82, 2.24) is 5.01 Å². The number of rotatable bonds is 0. The Morgan fingerprint density at radius 3 is 2.27 bits per heavy atom. The molecule has 2 nitrogen and oxygen atoms in total. The van der Waals surface area contributed by atoms with Gasteiger partial charge < -0.3 is 0 Å². The highest BCUT2D eigenvalue weighted by Crippen LogP contribution is 2.24. The summed E-state index contributed by atoms with van der Waals surface area (Å²) in [6.07, 6.45) is -4.61. The molecule has 1 aliphatic heterocycles. The molecule has 0 fully saturated rings. The van der Waals surface area contributed by atoms with E-state index in [4.69, 9.17) is 0 Å². The van der Waals surface area contributed by atoms with Crippen molar-refractivity contribution in [3.05, 3.63) is 0 Å². The first kappa shape index (κ1) is 8.45. The van der Waals surface area contributed by atoms with Crippen LogP contribution in [0.3, 0.4) is 0 Å². The van der Waals surface area contributed by atoms with Gasteiger partial charge in [0, 0.05) is 13.5 Å². The average Bonchev–Trinajstić information content (AvgIpc) is 2.11. The maximum Gasteiger partial charge on any atom is 0.431 e. The molecule has 0 N–H and O–H groups in total. The van der Waals surface area contributed by atoms with E-state index >= 15 is 0 Å². The summed E-state index contributed by atoms with van der Waals surface area (Å²) in [5.41, 5.74) is -0.815. The van der Waals surface area contributed by atoms with E-state index < -0.39 is 11.9 Å². The summed E-state index contributed by atoms with van der Waals surface area (Å²) < 4.78 is 35.7. The van der Waals surface area contributed by atoms with Gasteiger partial charge in [0.05, 0.1) is 0 Å².